The van der Waals surface area contributed by atoms with Crippen LogP contribution in [0.15, 0.2) is 6.20 Å². The van der Waals surface area contributed by atoms with Crippen molar-refractivity contribution in [1.82, 2.24) is 19.9 Å². The van der Waals surface area contributed by atoms with Crippen molar-refractivity contribution in [2.45, 2.75) is 58.1 Å². The summed E-state index contributed by atoms with van der Waals surface area (Å²) in [6, 6.07) is 0. The molecule has 1 aromatic rings. The van der Waals surface area contributed by atoms with Gasteiger partial charge in [-0.3, -0.25) is 4.68 Å². The molecule has 1 saturated heterocycles. The van der Waals surface area contributed by atoms with E-state index in [-0.39, 0.29) is 0 Å². The number of nitrogens with zero attached hydrogens (tertiary/aromatic N) is 4. The highest BCUT2D eigenvalue weighted by molar-refractivity contribution is 5.04. The van der Waals surface area contributed by atoms with Gasteiger partial charge in [-0.1, -0.05) is 25.0 Å². The maximum Gasteiger partial charge on any atom is 0.114 e. The molecule has 19 heavy (non-hydrogen) atoms. The normalized spacial score (nSPS) is 21.0. The molecule has 1 fully saturated rings. The number of likely N-dealkylation sites (tertiary alicyclic amines) is 1. The summed E-state index contributed by atoms with van der Waals surface area (Å²) in [4.78, 5) is 2.51. The molecule has 5 nitrogen and oxygen atoms in total. The van der Waals surface area contributed by atoms with Gasteiger partial charge in [0, 0.05) is 6.54 Å². The lowest BCUT2D eigenvalue weighted by molar-refractivity contribution is 0.0484. The largest absolute Gasteiger partial charge is 0.384 e. The minimum Gasteiger partial charge on any atom is -0.384 e. The highest BCUT2D eigenvalue weighted by Gasteiger charge is 2.24. The first-order valence-electron chi connectivity index (χ1n) is 7.47. The van der Waals surface area contributed by atoms with Crippen LogP contribution >= 0.6 is 0 Å². The molecule has 5 heteroatoms. The third-order valence-corrected chi connectivity index (χ3v) is 4.12. The van der Waals surface area contributed by atoms with Crippen molar-refractivity contribution >= 4 is 0 Å². The predicted molar refractivity (Wildman–Crippen MR) is 74.8 cm³/mol. The van der Waals surface area contributed by atoms with Gasteiger partial charge in [0.2, 0.25) is 0 Å². The highest BCUT2D eigenvalue weighted by atomic mass is 16.3. The van der Waals surface area contributed by atoms with E-state index in [4.69, 9.17) is 0 Å². The molecule has 1 unspecified atom stereocenters. The van der Waals surface area contributed by atoms with E-state index in [1.54, 1.807) is 6.92 Å². The van der Waals surface area contributed by atoms with Gasteiger partial charge in [0.25, 0.3) is 0 Å². The van der Waals surface area contributed by atoms with Crippen molar-refractivity contribution in [3.05, 3.63) is 11.9 Å². The summed E-state index contributed by atoms with van der Waals surface area (Å²) >= 11 is 0. The SMILES string of the molecule is CCC(C)(O)c1cn(CCN2CCCCCC2)nn1. The van der Waals surface area contributed by atoms with Crippen LogP contribution in [0.1, 0.15) is 51.6 Å². The molecule has 2 rings (SSSR count). The lowest BCUT2D eigenvalue weighted by Gasteiger charge is -2.19. The first-order valence-corrected chi connectivity index (χ1v) is 7.47. The van der Waals surface area contributed by atoms with Crippen molar-refractivity contribution < 1.29 is 5.11 Å². The van der Waals surface area contributed by atoms with Crippen LogP contribution in [0.5, 0.6) is 0 Å². The van der Waals surface area contributed by atoms with E-state index >= 15 is 0 Å². The summed E-state index contributed by atoms with van der Waals surface area (Å²) in [6.07, 6.45) is 7.88. The first kappa shape index (κ1) is 14.5. The summed E-state index contributed by atoms with van der Waals surface area (Å²) in [5.41, 5.74) is -0.188. The maximum atomic E-state index is 10.1. The average Bonchev–Trinajstić information content (AvgIpc) is 2.74. The van der Waals surface area contributed by atoms with Gasteiger partial charge in [0.1, 0.15) is 11.3 Å². The van der Waals surface area contributed by atoms with Gasteiger partial charge >= 0.3 is 0 Å². The van der Waals surface area contributed by atoms with Gasteiger partial charge in [0.15, 0.2) is 0 Å². The predicted octanol–water partition coefficient (Wildman–Crippen LogP) is 1.77. The van der Waals surface area contributed by atoms with Crippen LogP contribution in [0.3, 0.4) is 0 Å². The van der Waals surface area contributed by atoms with Gasteiger partial charge in [-0.2, -0.15) is 0 Å². The molecule has 1 N–H and O–H groups in total. The molecular weight excluding hydrogens is 240 g/mol. The quantitative estimate of drug-likeness (QED) is 0.882. The van der Waals surface area contributed by atoms with E-state index in [1.807, 2.05) is 17.8 Å². The van der Waals surface area contributed by atoms with E-state index in [2.05, 4.69) is 15.2 Å². The molecule has 108 valence electrons. The second-order valence-corrected chi connectivity index (χ2v) is 5.75. The second-order valence-electron chi connectivity index (χ2n) is 5.75. The molecule has 0 saturated carbocycles. The Bertz CT molecular complexity index is 381. The van der Waals surface area contributed by atoms with Crippen molar-refractivity contribution in [3.63, 3.8) is 0 Å². The molecule has 2 heterocycles. The Hall–Kier alpha value is -0.940. The molecule has 1 aromatic heterocycles. The fourth-order valence-corrected chi connectivity index (χ4v) is 2.44. The third kappa shape index (κ3) is 4.01. The van der Waals surface area contributed by atoms with Crippen molar-refractivity contribution in [2.24, 2.45) is 0 Å². The van der Waals surface area contributed by atoms with Crippen LogP contribution < -0.4 is 0 Å². The Morgan fingerprint density at radius 2 is 1.89 bits per heavy atom. The lowest BCUT2D eigenvalue weighted by atomic mass is 10.0. The van der Waals surface area contributed by atoms with Crippen LogP contribution in [0.25, 0.3) is 0 Å². The zero-order valence-electron chi connectivity index (χ0n) is 12.2. The highest BCUT2D eigenvalue weighted by Crippen LogP contribution is 2.21. The Morgan fingerprint density at radius 3 is 2.53 bits per heavy atom. The molecule has 0 aromatic carbocycles. The van der Waals surface area contributed by atoms with Gasteiger partial charge in [-0.15, -0.1) is 5.10 Å². The summed E-state index contributed by atoms with van der Waals surface area (Å²) in [5.74, 6) is 0. The topological polar surface area (TPSA) is 54.2 Å². The van der Waals surface area contributed by atoms with E-state index < -0.39 is 5.60 Å². The molecule has 0 bridgehead atoms. The maximum absolute atomic E-state index is 10.1. The number of aromatic nitrogens is 3. The zero-order chi connectivity index (χ0) is 13.7. The van der Waals surface area contributed by atoms with Gasteiger partial charge < -0.3 is 10.0 Å². The van der Waals surface area contributed by atoms with Crippen molar-refractivity contribution in [1.29, 1.82) is 0 Å². The van der Waals surface area contributed by atoms with Gasteiger partial charge in [-0.25, -0.2) is 0 Å². The van der Waals surface area contributed by atoms with Gasteiger partial charge in [0.05, 0.1) is 12.7 Å². The minimum absolute atomic E-state index is 0.651. The van der Waals surface area contributed by atoms with Crippen LogP contribution in [0.4, 0.5) is 0 Å². The minimum atomic E-state index is -0.860. The Labute approximate surface area is 115 Å². The fraction of sp³-hybridized carbons (Fsp3) is 0.857. The molecule has 0 amide bonds. The van der Waals surface area contributed by atoms with Crippen LogP contribution in [0.2, 0.25) is 0 Å². The van der Waals surface area contributed by atoms with Crippen molar-refractivity contribution in [3.8, 4) is 0 Å². The smallest absolute Gasteiger partial charge is 0.114 e. The second kappa shape index (κ2) is 6.48. The Balaban J connectivity index is 1.86. The van der Waals surface area contributed by atoms with E-state index in [1.165, 1.54) is 38.8 Å². The third-order valence-electron chi connectivity index (χ3n) is 4.12. The number of rotatable bonds is 5. The molecule has 0 spiro atoms. The van der Waals surface area contributed by atoms with E-state index in [9.17, 15) is 5.11 Å². The summed E-state index contributed by atoms with van der Waals surface area (Å²) in [5, 5.41) is 18.3. The van der Waals surface area contributed by atoms with Crippen LogP contribution in [-0.4, -0.2) is 44.6 Å². The fourth-order valence-electron chi connectivity index (χ4n) is 2.44. The van der Waals surface area contributed by atoms with E-state index in [0.717, 1.165) is 13.1 Å². The summed E-state index contributed by atoms with van der Waals surface area (Å²) < 4.78 is 1.85. The van der Waals surface area contributed by atoms with Crippen LogP contribution in [0, 0.1) is 0 Å². The molecule has 1 atom stereocenters. The molecule has 0 aliphatic carbocycles. The molecule has 1 aliphatic rings. The number of hydrogen-bond acceptors (Lipinski definition) is 4. The standard InChI is InChI=1S/C14H26N4O/c1-3-14(2,19)13-12-18(16-15-13)11-10-17-8-6-4-5-7-9-17/h12,19H,3-11H2,1-2H3. The Kier molecular flexibility index (Phi) is 4.93. The van der Waals surface area contributed by atoms with E-state index in [0.29, 0.717) is 12.1 Å². The molecular formula is C14H26N4O. The average molecular weight is 266 g/mol. The zero-order valence-corrected chi connectivity index (χ0v) is 12.2. The molecule has 0 radical (unpaired) electrons. The number of hydrogen-bond donors (Lipinski definition) is 1. The summed E-state index contributed by atoms with van der Waals surface area (Å²) in [6.45, 7) is 8.03. The molecule has 1 aliphatic heterocycles. The van der Waals surface area contributed by atoms with Crippen LogP contribution in [-0.2, 0) is 12.1 Å². The monoisotopic (exact) mass is 266 g/mol. The van der Waals surface area contributed by atoms with Crippen molar-refractivity contribution in [2.75, 3.05) is 19.6 Å². The first-order chi connectivity index (χ1) is 9.12. The summed E-state index contributed by atoms with van der Waals surface area (Å²) in [7, 11) is 0. The van der Waals surface area contributed by atoms with Gasteiger partial charge in [-0.05, 0) is 39.3 Å². The Morgan fingerprint density at radius 1 is 1.21 bits per heavy atom. The lowest BCUT2D eigenvalue weighted by Crippen LogP contribution is -2.28. The number of aliphatic hydroxyl groups is 1.